The molecule has 0 aromatic heterocycles. The number of halogens is 2. The second kappa shape index (κ2) is 6.36. The number of hydrazone groups is 1. The number of anilines is 1. The number of nitrogens with zero attached hydrogens (tertiary/aromatic N) is 1. The van der Waals surface area contributed by atoms with E-state index in [1.54, 1.807) is 12.1 Å². The molecule has 2 aromatic carbocycles. The molecule has 118 valence electrons. The summed E-state index contributed by atoms with van der Waals surface area (Å²) in [6, 6.07) is 7.70. The van der Waals surface area contributed by atoms with E-state index in [0.29, 0.717) is 32.8 Å². The van der Waals surface area contributed by atoms with Gasteiger partial charge in [-0.2, -0.15) is 5.10 Å². The number of ether oxygens (including phenoxy) is 2. The number of carboxylic acid groups (broad SMARTS) is 1. The standard InChI is InChI=1S/C15H10Cl2N2O4/c16-10-2-1-9(15(20)21)5-12(10)19-18-6-8-3-11(17)14-13(4-8)22-7-23-14/h1-6,19H,7H2,(H,20,21)/b18-6-. The molecule has 0 saturated carbocycles. The third kappa shape index (κ3) is 3.33. The predicted octanol–water partition coefficient (Wildman–Crippen LogP) is 3.87. The Hall–Kier alpha value is -2.44. The lowest BCUT2D eigenvalue weighted by Gasteiger charge is -2.05. The van der Waals surface area contributed by atoms with Crippen LogP contribution < -0.4 is 14.9 Å². The summed E-state index contributed by atoms with van der Waals surface area (Å²) in [5, 5.41) is 13.8. The second-order valence-corrected chi connectivity index (χ2v) is 5.42. The lowest BCUT2D eigenvalue weighted by molar-refractivity contribution is 0.0697. The van der Waals surface area contributed by atoms with Crippen LogP contribution in [0.25, 0.3) is 0 Å². The van der Waals surface area contributed by atoms with Crippen LogP contribution in [0.3, 0.4) is 0 Å². The lowest BCUT2D eigenvalue weighted by Crippen LogP contribution is -1.98. The zero-order valence-corrected chi connectivity index (χ0v) is 13.1. The fourth-order valence-electron chi connectivity index (χ4n) is 1.98. The molecule has 2 aromatic rings. The topological polar surface area (TPSA) is 80.2 Å². The third-order valence-electron chi connectivity index (χ3n) is 3.06. The second-order valence-electron chi connectivity index (χ2n) is 4.61. The van der Waals surface area contributed by atoms with Crippen molar-refractivity contribution in [3.05, 3.63) is 51.5 Å². The highest BCUT2D eigenvalue weighted by Crippen LogP contribution is 2.39. The van der Waals surface area contributed by atoms with Crippen LogP contribution >= 0.6 is 23.2 Å². The van der Waals surface area contributed by atoms with Crippen molar-refractivity contribution in [2.24, 2.45) is 5.10 Å². The number of aromatic carboxylic acids is 1. The largest absolute Gasteiger partial charge is 0.478 e. The van der Waals surface area contributed by atoms with Crippen LogP contribution in [0.2, 0.25) is 10.0 Å². The lowest BCUT2D eigenvalue weighted by atomic mass is 10.2. The van der Waals surface area contributed by atoms with Crippen molar-refractivity contribution in [3.63, 3.8) is 0 Å². The van der Waals surface area contributed by atoms with Crippen LogP contribution in [0.5, 0.6) is 11.5 Å². The maximum atomic E-state index is 11.0. The van der Waals surface area contributed by atoms with Gasteiger partial charge in [0.25, 0.3) is 0 Å². The summed E-state index contributed by atoms with van der Waals surface area (Å²) in [6.07, 6.45) is 1.51. The molecule has 6 nitrogen and oxygen atoms in total. The Balaban J connectivity index is 1.78. The van der Waals surface area contributed by atoms with Crippen molar-refractivity contribution in [1.29, 1.82) is 0 Å². The minimum Gasteiger partial charge on any atom is -0.478 e. The number of hydrogen-bond donors (Lipinski definition) is 2. The first-order valence-electron chi connectivity index (χ1n) is 6.45. The smallest absolute Gasteiger partial charge is 0.335 e. The van der Waals surface area contributed by atoms with E-state index in [9.17, 15) is 4.79 Å². The van der Waals surface area contributed by atoms with Crippen LogP contribution in [0.1, 0.15) is 15.9 Å². The molecule has 0 atom stereocenters. The Labute approximate surface area is 141 Å². The van der Waals surface area contributed by atoms with Gasteiger partial charge in [0.1, 0.15) is 0 Å². The van der Waals surface area contributed by atoms with Crippen LogP contribution in [-0.4, -0.2) is 24.1 Å². The van der Waals surface area contributed by atoms with E-state index in [1.165, 1.54) is 24.4 Å². The Bertz CT molecular complexity index is 808. The molecule has 0 unspecified atom stereocenters. The van der Waals surface area contributed by atoms with Gasteiger partial charge in [0, 0.05) is 0 Å². The molecule has 1 aliphatic heterocycles. The Morgan fingerprint density at radius 3 is 2.83 bits per heavy atom. The van der Waals surface area contributed by atoms with Gasteiger partial charge in [-0.3, -0.25) is 5.43 Å². The quantitative estimate of drug-likeness (QED) is 0.644. The Kier molecular flexibility index (Phi) is 4.27. The zero-order valence-electron chi connectivity index (χ0n) is 11.5. The Morgan fingerprint density at radius 1 is 1.22 bits per heavy atom. The minimum atomic E-state index is -1.05. The first-order chi connectivity index (χ1) is 11.0. The molecule has 0 aliphatic carbocycles. The third-order valence-corrected chi connectivity index (χ3v) is 3.67. The molecule has 0 bridgehead atoms. The highest BCUT2D eigenvalue weighted by atomic mass is 35.5. The number of rotatable bonds is 4. The van der Waals surface area contributed by atoms with Gasteiger partial charge in [-0.05, 0) is 35.9 Å². The van der Waals surface area contributed by atoms with E-state index < -0.39 is 5.97 Å². The van der Waals surface area contributed by atoms with Crippen molar-refractivity contribution >= 4 is 41.1 Å². The molecule has 2 N–H and O–H groups in total. The number of carbonyl (C=O) groups is 1. The first kappa shape index (κ1) is 15.5. The molecule has 1 heterocycles. The minimum absolute atomic E-state index is 0.109. The molecular weight excluding hydrogens is 343 g/mol. The molecule has 0 radical (unpaired) electrons. The monoisotopic (exact) mass is 352 g/mol. The van der Waals surface area contributed by atoms with Gasteiger partial charge in [-0.1, -0.05) is 23.2 Å². The zero-order chi connectivity index (χ0) is 16.4. The molecule has 1 aliphatic rings. The first-order valence-corrected chi connectivity index (χ1v) is 7.21. The molecular formula is C15H10Cl2N2O4. The fourth-order valence-corrected chi connectivity index (χ4v) is 2.42. The van der Waals surface area contributed by atoms with Crippen LogP contribution in [0, 0.1) is 0 Å². The molecule has 0 spiro atoms. The predicted molar refractivity (Wildman–Crippen MR) is 87.2 cm³/mol. The maximum absolute atomic E-state index is 11.0. The Morgan fingerprint density at radius 2 is 2.04 bits per heavy atom. The number of nitrogens with one attached hydrogen (secondary N) is 1. The summed E-state index contributed by atoms with van der Waals surface area (Å²) in [5.41, 5.74) is 3.89. The maximum Gasteiger partial charge on any atom is 0.335 e. The summed E-state index contributed by atoms with van der Waals surface area (Å²) in [5.74, 6) is 0.00934. The van der Waals surface area contributed by atoms with Crippen LogP contribution in [0.4, 0.5) is 5.69 Å². The average Bonchev–Trinajstić information content (AvgIpc) is 2.98. The van der Waals surface area contributed by atoms with Crippen molar-refractivity contribution in [2.75, 3.05) is 12.2 Å². The van der Waals surface area contributed by atoms with Gasteiger partial charge in [-0.25, -0.2) is 4.79 Å². The van der Waals surface area contributed by atoms with E-state index in [-0.39, 0.29) is 12.4 Å². The van der Waals surface area contributed by atoms with Crippen LogP contribution in [0.15, 0.2) is 35.4 Å². The van der Waals surface area contributed by atoms with Gasteiger partial charge in [0.05, 0.1) is 27.5 Å². The fraction of sp³-hybridized carbons (Fsp3) is 0.0667. The van der Waals surface area contributed by atoms with Gasteiger partial charge in [0.2, 0.25) is 6.79 Å². The molecule has 0 amide bonds. The molecule has 23 heavy (non-hydrogen) atoms. The molecule has 8 heteroatoms. The highest BCUT2D eigenvalue weighted by Gasteiger charge is 2.17. The number of carboxylic acids is 1. The van der Waals surface area contributed by atoms with E-state index in [0.717, 1.165) is 0 Å². The molecule has 3 rings (SSSR count). The van der Waals surface area contributed by atoms with Crippen LogP contribution in [-0.2, 0) is 0 Å². The van der Waals surface area contributed by atoms with Crippen molar-refractivity contribution in [2.45, 2.75) is 0 Å². The summed E-state index contributed by atoms with van der Waals surface area (Å²) in [7, 11) is 0. The van der Waals surface area contributed by atoms with Gasteiger partial charge in [0.15, 0.2) is 11.5 Å². The SMILES string of the molecule is O=C(O)c1ccc(Cl)c(N/N=C\c2cc(Cl)c3c(c2)OCO3)c1. The summed E-state index contributed by atoms with van der Waals surface area (Å²) in [6.45, 7) is 0.130. The summed E-state index contributed by atoms with van der Waals surface area (Å²) < 4.78 is 10.5. The van der Waals surface area contributed by atoms with Gasteiger partial charge in [-0.15, -0.1) is 0 Å². The van der Waals surface area contributed by atoms with Crippen molar-refractivity contribution in [3.8, 4) is 11.5 Å². The number of benzene rings is 2. The van der Waals surface area contributed by atoms with E-state index in [4.69, 9.17) is 37.8 Å². The average molecular weight is 353 g/mol. The van der Waals surface area contributed by atoms with Crippen molar-refractivity contribution < 1.29 is 19.4 Å². The van der Waals surface area contributed by atoms with E-state index >= 15 is 0 Å². The van der Waals surface area contributed by atoms with E-state index in [2.05, 4.69) is 10.5 Å². The summed E-state index contributed by atoms with van der Waals surface area (Å²) in [4.78, 5) is 11.0. The normalized spacial score (nSPS) is 12.6. The number of fused-ring (bicyclic) bond motifs is 1. The van der Waals surface area contributed by atoms with E-state index in [1.807, 2.05) is 0 Å². The molecule has 0 saturated heterocycles. The van der Waals surface area contributed by atoms with Gasteiger partial charge < -0.3 is 14.6 Å². The number of hydrogen-bond acceptors (Lipinski definition) is 5. The van der Waals surface area contributed by atoms with Gasteiger partial charge >= 0.3 is 5.97 Å². The highest BCUT2D eigenvalue weighted by molar-refractivity contribution is 6.33. The van der Waals surface area contributed by atoms with Crippen molar-refractivity contribution in [1.82, 2.24) is 0 Å². The summed E-state index contributed by atoms with van der Waals surface area (Å²) >= 11 is 12.1. The molecule has 0 fully saturated rings.